The smallest absolute Gasteiger partial charge is 0.0719 e. The van der Waals surface area contributed by atoms with Gasteiger partial charge < -0.3 is 4.74 Å². The van der Waals surface area contributed by atoms with Gasteiger partial charge in [0.05, 0.1) is 13.2 Å². The van der Waals surface area contributed by atoms with E-state index in [1.807, 2.05) is 6.08 Å². The van der Waals surface area contributed by atoms with Crippen molar-refractivity contribution in [1.29, 1.82) is 0 Å². The maximum atomic E-state index is 5.86. The van der Waals surface area contributed by atoms with Crippen LogP contribution in [0.5, 0.6) is 0 Å². The molecule has 3 aromatic carbocycles. The summed E-state index contributed by atoms with van der Waals surface area (Å²) in [6.45, 7) is 7.38. The molecule has 0 aliphatic carbocycles. The summed E-state index contributed by atoms with van der Waals surface area (Å²) < 4.78 is 5.86. The molecule has 0 unspecified atom stereocenters. The van der Waals surface area contributed by atoms with Crippen molar-refractivity contribution in [2.45, 2.75) is 71.3 Å². The van der Waals surface area contributed by atoms with E-state index in [1.165, 1.54) is 65.5 Å². The molecule has 0 aromatic heterocycles. The lowest BCUT2D eigenvalue weighted by Gasteiger charge is -2.10. The van der Waals surface area contributed by atoms with Gasteiger partial charge in [0.25, 0.3) is 0 Å². The molecule has 0 heterocycles. The predicted octanol–water partition coefficient (Wildman–Crippen LogP) is 8.94. The zero-order valence-corrected chi connectivity index (χ0v) is 21.6. The summed E-state index contributed by atoms with van der Waals surface area (Å²) >= 11 is 0. The highest BCUT2D eigenvalue weighted by molar-refractivity contribution is 5.47. The average Bonchev–Trinajstić information content (AvgIpc) is 2.91. The van der Waals surface area contributed by atoms with Crippen molar-refractivity contribution in [2.75, 3.05) is 6.61 Å². The number of benzene rings is 3. The van der Waals surface area contributed by atoms with Gasteiger partial charge in [-0.25, -0.2) is 0 Å². The van der Waals surface area contributed by atoms with Crippen molar-refractivity contribution >= 4 is 6.08 Å². The van der Waals surface area contributed by atoms with E-state index in [0.717, 1.165) is 38.9 Å². The number of ether oxygens (including phenoxy) is 1. The fourth-order valence-electron chi connectivity index (χ4n) is 4.44. The highest BCUT2D eigenvalue weighted by Crippen LogP contribution is 2.16. The highest BCUT2D eigenvalue weighted by atomic mass is 16.5. The van der Waals surface area contributed by atoms with Crippen molar-refractivity contribution in [3.63, 3.8) is 0 Å². The van der Waals surface area contributed by atoms with Crippen LogP contribution in [0.25, 0.3) is 6.08 Å². The summed E-state index contributed by atoms with van der Waals surface area (Å²) in [6.07, 6.45) is 16.6. The van der Waals surface area contributed by atoms with Crippen molar-refractivity contribution in [1.82, 2.24) is 0 Å². The molecule has 0 spiro atoms. The monoisotopic (exact) mass is 466 g/mol. The van der Waals surface area contributed by atoms with Gasteiger partial charge in [-0.05, 0) is 98.1 Å². The Hall–Kier alpha value is -2.90. The third-order valence-corrected chi connectivity index (χ3v) is 6.62. The quantitative estimate of drug-likeness (QED) is 0.151. The molecule has 184 valence electrons. The van der Waals surface area contributed by atoms with Crippen LogP contribution in [0.4, 0.5) is 0 Å². The van der Waals surface area contributed by atoms with Crippen molar-refractivity contribution in [3.05, 3.63) is 125 Å². The van der Waals surface area contributed by atoms with Gasteiger partial charge in [0.1, 0.15) is 0 Å². The molecule has 0 radical (unpaired) electrons. The second-order valence-electron chi connectivity index (χ2n) is 9.36. The standard InChI is InChI=1S/C34H42O/c1-3-5-12-27-35-28-34-18-11-10-17-33(34)16-9-8-15-32-25-23-31(24-26-32)14-7-6-13-30-21-19-29(4-2)20-22-30/h3-5,10-11,17-26H,2,6-9,12-16,27-28H2,1H3/b5-3+. The molecule has 0 atom stereocenters. The van der Waals surface area contributed by atoms with Crippen LogP contribution in [0.2, 0.25) is 0 Å². The minimum Gasteiger partial charge on any atom is -0.376 e. The molecule has 0 saturated heterocycles. The molecule has 0 aliphatic rings. The topological polar surface area (TPSA) is 9.23 Å². The Morgan fingerprint density at radius 1 is 0.657 bits per heavy atom. The van der Waals surface area contributed by atoms with E-state index in [9.17, 15) is 0 Å². The van der Waals surface area contributed by atoms with E-state index in [0.29, 0.717) is 0 Å². The first-order valence-corrected chi connectivity index (χ1v) is 13.3. The molecule has 0 bridgehead atoms. The third-order valence-electron chi connectivity index (χ3n) is 6.62. The minimum atomic E-state index is 0.719. The normalized spacial score (nSPS) is 11.2. The summed E-state index contributed by atoms with van der Waals surface area (Å²) in [5, 5.41) is 0. The molecule has 0 saturated carbocycles. The van der Waals surface area contributed by atoms with E-state index < -0.39 is 0 Å². The van der Waals surface area contributed by atoms with Gasteiger partial charge in [-0.1, -0.05) is 97.6 Å². The molecule has 1 nitrogen and oxygen atoms in total. The van der Waals surface area contributed by atoms with E-state index in [2.05, 4.69) is 98.5 Å². The second kappa shape index (κ2) is 15.9. The van der Waals surface area contributed by atoms with Gasteiger partial charge in [-0.2, -0.15) is 0 Å². The van der Waals surface area contributed by atoms with Crippen LogP contribution in [0.1, 0.15) is 72.4 Å². The van der Waals surface area contributed by atoms with Gasteiger partial charge in [0, 0.05) is 0 Å². The van der Waals surface area contributed by atoms with Gasteiger partial charge in [0.2, 0.25) is 0 Å². The highest BCUT2D eigenvalue weighted by Gasteiger charge is 2.03. The van der Waals surface area contributed by atoms with Gasteiger partial charge in [-0.3, -0.25) is 0 Å². The summed E-state index contributed by atoms with van der Waals surface area (Å²) in [6, 6.07) is 26.8. The fraction of sp³-hybridized carbons (Fsp3) is 0.353. The first-order valence-electron chi connectivity index (χ1n) is 13.3. The zero-order chi connectivity index (χ0) is 24.6. The Labute approximate surface area is 213 Å². The van der Waals surface area contributed by atoms with Crippen LogP contribution >= 0.6 is 0 Å². The lowest BCUT2D eigenvalue weighted by atomic mass is 9.99. The van der Waals surface area contributed by atoms with Crippen LogP contribution in [0.15, 0.2) is 91.5 Å². The number of rotatable bonds is 16. The van der Waals surface area contributed by atoms with Crippen LogP contribution in [0, 0.1) is 0 Å². The molecular weight excluding hydrogens is 424 g/mol. The van der Waals surface area contributed by atoms with Gasteiger partial charge in [-0.15, -0.1) is 0 Å². The second-order valence-corrected chi connectivity index (χ2v) is 9.36. The zero-order valence-electron chi connectivity index (χ0n) is 21.6. The molecule has 0 aliphatic heterocycles. The number of hydrogen-bond acceptors (Lipinski definition) is 1. The fourth-order valence-corrected chi connectivity index (χ4v) is 4.44. The molecule has 1 heteroatoms. The van der Waals surface area contributed by atoms with Crippen molar-refractivity contribution in [2.24, 2.45) is 0 Å². The Morgan fingerprint density at radius 3 is 1.71 bits per heavy atom. The number of hydrogen-bond donors (Lipinski definition) is 0. The molecule has 3 aromatic rings. The number of allylic oxidation sites excluding steroid dienone is 1. The number of unbranched alkanes of at least 4 members (excludes halogenated alkanes) is 2. The third kappa shape index (κ3) is 10.1. The van der Waals surface area contributed by atoms with Gasteiger partial charge in [0.15, 0.2) is 0 Å². The lowest BCUT2D eigenvalue weighted by molar-refractivity contribution is 0.124. The van der Waals surface area contributed by atoms with Crippen LogP contribution in [0.3, 0.4) is 0 Å². The Bertz CT molecular complexity index is 1010. The van der Waals surface area contributed by atoms with E-state index in [1.54, 1.807) is 0 Å². The largest absolute Gasteiger partial charge is 0.376 e. The molecule has 3 rings (SSSR count). The van der Waals surface area contributed by atoms with E-state index >= 15 is 0 Å². The molecule has 0 N–H and O–H groups in total. The summed E-state index contributed by atoms with van der Waals surface area (Å²) in [7, 11) is 0. The minimum absolute atomic E-state index is 0.719. The maximum absolute atomic E-state index is 5.86. The van der Waals surface area contributed by atoms with E-state index in [4.69, 9.17) is 4.74 Å². The van der Waals surface area contributed by atoms with Crippen molar-refractivity contribution in [3.8, 4) is 0 Å². The Morgan fingerprint density at radius 2 is 1.17 bits per heavy atom. The Balaban J connectivity index is 1.32. The van der Waals surface area contributed by atoms with Crippen LogP contribution in [-0.2, 0) is 37.0 Å². The first kappa shape index (κ1) is 26.7. The maximum Gasteiger partial charge on any atom is 0.0719 e. The predicted molar refractivity (Wildman–Crippen MR) is 152 cm³/mol. The lowest BCUT2D eigenvalue weighted by Crippen LogP contribution is -1.99. The molecular formula is C34H42O. The van der Waals surface area contributed by atoms with Gasteiger partial charge >= 0.3 is 0 Å². The summed E-state index contributed by atoms with van der Waals surface area (Å²) in [4.78, 5) is 0. The summed E-state index contributed by atoms with van der Waals surface area (Å²) in [5.41, 5.74) is 8.30. The Kier molecular flexibility index (Phi) is 12.1. The van der Waals surface area contributed by atoms with Crippen LogP contribution in [-0.4, -0.2) is 6.61 Å². The van der Waals surface area contributed by atoms with Crippen LogP contribution < -0.4 is 0 Å². The SMILES string of the molecule is C=Cc1ccc(CCCCc2ccc(CCCCc3ccccc3COCC/C=C/C)cc2)cc1. The summed E-state index contributed by atoms with van der Waals surface area (Å²) in [5.74, 6) is 0. The van der Waals surface area contributed by atoms with E-state index in [-0.39, 0.29) is 0 Å². The van der Waals surface area contributed by atoms with Crippen molar-refractivity contribution < 1.29 is 4.74 Å². The number of aryl methyl sites for hydroxylation is 4. The average molecular weight is 467 g/mol. The molecule has 0 amide bonds. The molecule has 35 heavy (non-hydrogen) atoms. The first-order chi connectivity index (χ1) is 17.3. The molecule has 0 fully saturated rings.